The minimum atomic E-state index is -0.818. The lowest BCUT2D eigenvalue weighted by atomic mass is 9.76. The molecule has 4 unspecified atom stereocenters. The summed E-state index contributed by atoms with van der Waals surface area (Å²) in [6, 6.07) is 3.34. The maximum absolute atomic E-state index is 13.1. The highest BCUT2D eigenvalue weighted by Gasteiger charge is 2.46. The first kappa shape index (κ1) is 18.5. The van der Waals surface area contributed by atoms with Crippen molar-refractivity contribution in [2.75, 3.05) is 28.4 Å². The van der Waals surface area contributed by atoms with Crippen LogP contribution in [0.4, 0.5) is 0 Å². The van der Waals surface area contributed by atoms with Crippen LogP contribution in [0.2, 0.25) is 0 Å². The number of ketones is 1. The maximum atomic E-state index is 13.1. The minimum Gasteiger partial charge on any atom is -0.496 e. The average Bonchev–Trinajstić information content (AvgIpc) is 2.66. The lowest BCUT2D eigenvalue weighted by molar-refractivity contribution is -0.139. The molecule has 1 heterocycles. The number of ether oxygens (including phenoxy) is 5. The fourth-order valence-corrected chi connectivity index (χ4v) is 3.67. The zero-order valence-electron chi connectivity index (χ0n) is 15.4. The van der Waals surface area contributed by atoms with E-state index in [-0.39, 0.29) is 11.9 Å². The summed E-state index contributed by atoms with van der Waals surface area (Å²) in [5.41, 5.74) is 0.883. The Hall–Kier alpha value is -2.25. The molecule has 3 rings (SSSR count). The smallest absolute Gasteiger partial charge is 0.176 e. The van der Waals surface area contributed by atoms with Gasteiger partial charge in [-0.1, -0.05) is 0 Å². The van der Waals surface area contributed by atoms with E-state index in [9.17, 15) is 9.90 Å². The highest BCUT2D eigenvalue weighted by Crippen LogP contribution is 2.42. The number of rotatable bonds is 5. The summed E-state index contributed by atoms with van der Waals surface area (Å²) in [6.07, 6.45) is 1.08. The number of allylic oxidation sites excluding steroid dienone is 1. The van der Waals surface area contributed by atoms with Crippen LogP contribution in [0.5, 0.6) is 17.2 Å². The van der Waals surface area contributed by atoms with Gasteiger partial charge in [0.1, 0.15) is 11.9 Å². The van der Waals surface area contributed by atoms with Crippen molar-refractivity contribution in [3.63, 3.8) is 0 Å². The number of methoxy groups -OCH3 is 4. The topological polar surface area (TPSA) is 83.5 Å². The molecule has 0 amide bonds. The summed E-state index contributed by atoms with van der Waals surface area (Å²) in [7, 11) is 6.16. The van der Waals surface area contributed by atoms with Crippen LogP contribution < -0.4 is 14.2 Å². The molecule has 0 spiro atoms. The lowest BCUT2D eigenvalue weighted by Crippen LogP contribution is -2.49. The summed E-state index contributed by atoms with van der Waals surface area (Å²) in [5.74, 6) is 0.636. The molecule has 7 heteroatoms. The highest BCUT2D eigenvalue weighted by atomic mass is 16.5. The number of hydrogen-bond acceptors (Lipinski definition) is 7. The van der Waals surface area contributed by atoms with Crippen molar-refractivity contribution in [1.82, 2.24) is 0 Å². The molecule has 1 saturated carbocycles. The molecule has 0 radical (unpaired) electrons. The largest absolute Gasteiger partial charge is 0.496 e. The summed E-state index contributed by atoms with van der Waals surface area (Å²) >= 11 is 0. The van der Waals surface area contributed by atoms with E-state index in [1.807, 2.05) is 0 Å². The molecule has 1 aromatic carbocycles. The van der Waals surface area contributed by atoms with Gasteiger partial charge in [-0.2, -0.15) is 0 Å². The van der Waals surface area contributed by atoms with Gasteiger partial charge in [-0.3, -0.25) is 4.79 Å². The molecule has 0 saturated heterocycles. The Morgan fingerprint density at radius 1 is 1.00 bits per heavy atom. The Morgan fingerprint density at radius 3 is 2.27 bits per heavy atom. The number of Topliss-reactive ketones (excluding diaryl/α,β-unsaturated/α-hetero) is 1. The zero-order chi connectivity index (χ0) is 18.8. The van der Waals surface area contributed by atoms with Crippen LogP contribution in [0, 0.1) is 5.92 Å². The SMILES string of the molecule is COc1cc(OC)c(C2=COC3CC(OC)CC(O)C3C2=O)cc1OC. The van der Waals surface area contributed by atoms with Crippen molar-refractivity contribution >= 4 is 11.4 Å². The molecule has 2 aliphatic rings. The standard InChI is InChI=1S/C19H24O7/c1-22-10-5-13(20)18-17(6-10)26-9-12(19(18)21)11-7-15(24-3)16(25-4)8-14(11)23-2/h7-10,13,17-18,20H,5-6H2,1-4H3. The first-order valence-corrected chi connectivity index (χ1v) is 8.45. The molecule has 1 fully saturated rings. The van der Waals surface area contributed by atoms with Gasteiger partial charge < -0.3 is 28.8 Å². The van der Waals surface area contributed by atoms with Crippen LogP contribution >= 0.6 is 0 Å². The van der Waals surface area contributed by atoms with E-state index >= 15 is 0 Å². The monoisotopic (exact) mass is 364 g/mol. The number of hydrogen-bond donors (Lipinski definition) is 1. The molecule has 4 atom stereocenters. The molecule has 0 aromatic heterocycles. The van der Waals surface area contributed by atoms with Gasteiger partial charge in [0.15, 0.2) is 17.3 Å². The van der Waals surface area contributed by atoms with Gasteiger partial charge in [0, 0.05) is 31.6 Å². The van der Waals surface area contributed by atoms with Crippen molar-refractivity contribution < 1.29 is 33.6 Å². The predicted molar refractivity (Wildman–Crippen MR) is 93.5 cm³/mol. The first-order chi connectivity index (χ1) is 12.5. The van der Waals surface area contributed by atoms with Gasteiger partial charge >= 0.3 is 0 Å². The number of aliphatic hydroxyl groups excluding tert-OH is 1. The van der Waals surface area contributed by atoms with Gasteiger partial charge in [-0.05, 0) is 6.07 Å². The number of aliphatic hydroxyl groups is 1. The van der Waals surface area contributed by atoms with Gasteiger partial charge in [0.05, 0.1) is 51.3 Å². The minimum absolute atomic E-state index is 0.121. The third-order valence-electron chi connectivity index (χ3n) is 5.07. The van der Waals surface area contributed by atoms with E-state index in [2.05, 4.69) is 0 Å². The summed E-state index contributed by atoms with van der Waals surface area (Å²) in [5, 5.41) is 10.5. The molecule has 1 aliphatic carbocycles. The molecule has 26 heavy (non-hydrogen) atoms. The third kappa shape index (κ3) is 3.12. The second-order valence-electron chi connectivity index (χ2n) is 6.40. The van der Waals surface area contributed by atoms with Crippen LogP contribution in [-0.4, -0.2) is 57.6 Å². The second-order valence-corrected chi connectivity index (χ2v) is 6.40. The van der Waals surface area contributed by atoms with E-state index in [4.69, 9.17) is 23.7 Å². The van der Waals surface area contributed by atoms with Gasteiger partial charge in [0.25, 0.3) is 0 Å². The molecular weight excluding hydrogens is 340 g/mol. The molecule has 1 aliphatic heterocycles. The van der Waals surface area contributed by atoms with Crippen molar-refractivity contribution in [1.29, 1.82) is 0 Å². The van der Waals surface area contributed by atoms with Crippen molar-refractivity contribution in [3.05, 3.63) is 24.0 Å². The molecule has 1 N–H and O–H groups in total. The van der Waals surface area contributed by atoms with Crippen LogP contribution in [0.15, 0.2) is 18.4 Å². The van der Waals surface area contributed by atoms with Crippen LogP contribution in [0.25, 0.3) is 5.57 Å². The van der Waals surface area contributed by atoms with Gasteiger partial charge in [0.2, 0.25) is 0 Å². The number of carbonyl (C=O) groups excluding carboxylic acids is 1. The van der Waals surface area contributed by atoms with Crippen LogP contribution in [0.3, 0.4) is 0 Å². The molecule has 1 aromatic rings. The normalized spacial score (nSPS) is 27.9. The summed E-state index contributed by atoms with van der Waals surface area (Å²) in [6.45, 7) is 0. The Morgan fingerprint density at radius 2 is 1.65 bits per heavy atom. The second kappa shape index (κ2) is 7.55. The van der Waals surface area contributed by atoms with Gasteiger partial charge in [-0.25, -0.2) is 0 Å². The average molecular weight is 364 g/mol. The van der Waals surface area contributed by atoms with E-state index in [1.54, 1.807) is 19.2 Å². The van der Waals surface area contributed by atoms with Crippen molar-refractivity contribution in [2.45, 2.75) is 31.2 Å². The molecule has 7 nitrogen and oxygen atoms in total. The fourth-order valence-electron chi connectivity index (χ4n) is 3.67. The van der Waals surface area contributed by atoms with Crippen LogP contribution in [-0.2, 0) is 14.3 Å². The Bertz CT molecular complexity index is 712. The fraction of sp³-hybridized carbons (Fsp3) is 0.526. The maximum Gasteiger partial charge on any atom is 0.176 e. The predicted octanol–water partition coefficient (Wildman–Crippen LogP) is 1.81. The first-order valence-electron chi connectivity index (χ1n) is 8.45. The van der Waals surface area contributed by atoms with Crippen molar-refractivity contribution in [3.8, 4) is 17.2 Å². The van der Waals surface area contributed by atoms with Crippen LogP contribution in [0.1, 0.15) is 18.4 Å². The van der Waals surface area contributed by atoms with Gasteiger partial charge in [-0.15, -0.1) is 0 Å². The summed E-state index contributed by atoms with van der Waals surface area (Å²) < 4.78 is 27.2. The number of carbonyl (C=O) groups is 1. The lowest BCUT2D eigenvalue weighted by Gasteiger charge is -2.40. The molecule has 142 valence electrons. The Kier molecular flexibility index (Phi) is 5.38. The Balaban J connectivity index is 2.00. The Labute approximate surface area is 152 Å². The quantitative estimate of drug-likeness (QED) is 0.853. The van der Waals surface area contributed by atoms with E-state index < -0.39 is 18.1 Å². The molecule has 0 bridgehead atoms. The highest BCUT2D eigenvalue weighted by molar-refractivity contribution is 6.23. The molecular formula is C19H24O7. The number of benzene rings is 1. The van der Waals surface area contributed by atoms with E-state index in [0.29, 0.717) is 41.2 Å². The zero-order valence-corrected chi connectivity index (χ0v) is 15.4. The van der Waals surface area contributed by atoms with E-state index in [1.165, 1.54) is 27.6 Å². The third-order valence-corrected chi connectivity index (χ3v) is 5.07. The number of fused-ring (bicyclic) bond motifs is 1. The van der Waals surface area contributed by atoms with Crippen molar-refractivity contribution in [2.24, 2.45) is 5.92 Å². The summed E-state index contributed by atoms with van der Waals surface area (Å²) in [4.78, 5) is 13.1. The van der Waals surface area contributed by atoms with E-state index in [0.717, 1.165) is 0 Å².